The van der Waals surface area contributed by atoms with Gasteiger partial charge in [-0.1, -0.05) is 11.3 Å². The highest BCUT2D eigenvalue weighted by Gasteiger charge is 2.23. The Balaban J connectivity index is 1.59. The predicted molar refractivity (Wildman–Crippen MR) is 57.9 cm³/mol. The van der Waals surface area contributed by atoms with E-state index in [1.807, 2.05) is 0 Å². The zero-order valence-electron chi connectivity index (χ0n) is 8.61. The quantitative estimate of drug-likeness (QED) is 0.839. The Hall–Kier alpha value is -0.520. The number of hydrogen-bond donors (Lipinski definition) is 1. The van der Waals surface area contributed by atoms with Gasteiger partial charge >= 0.3 is 0 Å². The lowest BCUT2D eigenvalue weighted by molar-refractivity contribution is 0.194. The smallest absolute Gasteiger partial charge is 0.131 e. The fourth-order valence-electron chi connectivity index (χ4n) is 1.75. The van der Waals surface area contributed by atoms with Crippen molar-refractivity contribution in [3.05, 3.63) is 10.0 Å². The molecule has 2 aliphatic rings. The summed E-state index contributed by atoms with van der Waals surface area (Å²) < 4.78 is 5.35. The molecule has 15 heavy (non-hydrogen) atoms. The molecular formula is C10H15N3OS. The van der Waals surface area contributed by atoms with Gasteiger partial charge in [-0.25, -0.2) is 0 Å². The van der Waals surface area contributed by atoms with E-state index in [0.717, 1.165) is 42.2 Å². The summed E-state index contributed by atoms with van der Waals surface area (Å²) in [6, 6.07) is 0.743. The number of aromatic nitrogens is 2. The van der Waals surface area contributed by atoms with Crippen LogP contribution in [0.4, 0.5) is 0 Å². The molecule has 82 valence electrons. The Morgan fingerprint density at radius 3 is 3.00 bits per heavy atom. The lowest BCUT2D eigenvalue weighted by Crippen LogP contribution is -2.14. The van der Waals surface area contributed by atoms with E-state index >= 15 is 0 Å². The van der Waals surface area contributed by atoms with Crippen molar-refractivity contribution in [1.82, 2.24) is 15.5 Å². The van der Waals surface area contributed by atoms with E-state index in [1.165, 1.54) is 12.8 Å². The molecule has 1 aromatic rings. The Morgan fingerprint density at radius 2 is 2.27 bits per heavy atom. The molecule has 2 heterocycles. The van der Waals surface area contributed by atoms with Crippen molar-refractivity contribution in [2.75, 3.05) is 13.2 Å². The molecule has 1 saturated heterocycles. The summed E-state index contributed by atoms with van der Waals surface area (Å²) in [6.07, 6.45) is 3.74. The summed E-state index contributed by atoms with van der Waals surface area (Å²) in [5.41, 5.74) is 0. The molecule has 0 aromatic carbocycles. The van der Waals surface area contributed by atoms with Gasteiger partial charge in [-0.15, -0.1) is 10.2 Å². The second-order valence-corrected chi connectivity index (χ2v) is 5.34. The molecule has 4 nitrogen and oxygen atoms in total. The molecule has 0 spiro atoms. The average molecular weight is 225 g/mol. The van der Waals surface area contributed by atoms with Gasteiger partial charge in [0.2, 0.25) is 0 Å². The van der Waals surface area contributed by atoms with Gasteiger partial charge in [-0.2, -0.15) is 0 Å². The normalized spacial score (nSPS) is 26.0. The van der Waals surface area contributed by atoms with Crippen molar-refractivity contribution in [1.29, 1.82) is 0 Å². The van der Waals surface area contributed by atoms with Crippen LogP contribution in [-0.4, -0.2) is 29.5 Å². The first-order chi connectivity index (χ1) is 7.42. The van der Waals surface area contributed by atoms with Crippen molar-refractivity contribution >= 4 is 11.3 Å². The lowest BCUT2D eigenvalue weighted by atomic mass is 10.1. The SMILES string of the molecule is C1CC(c2nnc(CNC3CC3)s2)CO1. The van der Waals surface area contributed by atoms with Crippen molar-refractivity contribution in [3.63, 3.8) is 0 Å². The van der Waals surface area contributed by atoms with Crippen LogP contribution in [0, 0.1) is 0 Å². The van der Waals surface area contributed by atoms with Gasteiger partial charge in [-0.3, -0.25) is 0 Å². The molecule has 1 atom stereocenters. The van der Waals surface area contributed by atoms with Gasteiger partial charge in [0.05, 0.1) is 6.61 Å². The first-order valence-electron chi connectivity index (χ1n) is 5.55. The fraction of sp³-hybridized carbons (Fsp3) is 0.800. The van der Waals surface area contributed by atoms with Crippen LogP contribution < -0.4 is 5.32 Å². The molecule has 2 fully saturated rings. The summed E-state index contributed by atoms with van der Waals surface area (Å²) in [4.78, 5) is 0. The number of nitrogens with one attached hydrogen (secondary N) is 1. The zero-order chi connectivity index (χ0) is 10.1. The molecule has 0 amide bonds. The molecule has 1 unspecified atom stereocenters. The zero-order valence-corrected chi connectivity index (χ0v) is 9.42. The summed E-state index contributed by atoms with van der Waals surface area (Å²) in [7, 11) is 0. The van der Waals surface area contributed by atoms with Crippen LogP contribution in [-0.2, 0) is 11.3 Å². The minimum Gasteiger partial charge on any atom is -0.381 e. The molecule has 1 aromatic heterocycles. The van der Waals surface area contributed by atoms with Crippen LogP contribution in [0.25, 0.3) is 0 Å². The summed E-state index contributed by atoms with van der Waals surface area (Å²) >= 11 is 1.74. The van der Waals surface area contributed by atoms with Gasteiger partial charge in [0.1, 0.15) is 10.0 Å². The Bertz CT molecular complexity index is 331. The third-order valence-corrected chi connectivity index (χ3v) is 3.97. The van der Waals surface area contributed by atoms with Crippen LogP contribution in [0.1, 0.15) is 35.2 Å². The third-order valence-electron chi connectivity index (χ3n) is 2.88. The van der Waals surface area contributed by atoms with E-state index in [9.17, 15) is 0 Å². The first kappa shape index (κ1) is 9.69. The van der Waals surface area contributed by atoms with E-state index in [0.29, 0.717) is 5.92 Å². The van der Waals surface area contributed by atoms with Crippen LogP contribution in [0.15, 0.2) is 0 Å². The molecule has 5 heteroatoms. The number of ether oxygens (including phenoxy) is 1. The van der Waals surface area contributed by atoms with Crippen molar-refractivity contribution in [2.24, 2.45) is 0 Å². The second kappa shape index (κ2) is 4.15. The van der Waals surface area contributed by atoms with E-state index in [1.54, 1.807) is 11.3 Å². The first-order valence-corrected chi connectivity index (χ1v) is 6.37. The molecule has 1 aliphatic heterocycles. The number of rotatable bonds is 4. The molecule has 3 rings (SSSR count). The van der Waals surface area contributed by atoms with Crippen molar-refractivity contribution < 1.29 is 4.74 Å². The van der Waals surface area contributed by atoms with E-state index < -0.39 is 0 Å². The molecule has 1 aliphatic carbocycles. The minimum absolute atomic E-state index is 0.497. The third kappa shape index (κ3) is 2.35. The van der Waals surface area contributed by atoms with Crippen molar-refractivity contribution in [3.8, 4) is 0 Å². The van der Waals surface area contributed by atoms with E-state index in [-0.39, 0.29) is 0 Å². The van der Waals surface area contributed by atoms with E-state index in [2.05, 4.69) is 15.5 Å². The average Bonchev–Trinajstić information content (AvgIpc) is 2.78. The summed E-state index contributed by atoms with van der Waals surface area (Å²) in [5, 5.41) is 14.2. The Labute approximate surface area is 93.1 Å². The molecule has 0 bridgehead atoms. The lowest BCUT2D eigenvalue weighted by Gasteiger charge is -1.99. The van der Waals surface area contributed by atoms with Gasteiger partial charge in [0.15, 0.2) is 0 Å². The molecule has 1 saturated carbocycles. The number of hydrogen-bond acceptors (Lipinski definition) is 5. The summed E-state index contributed by atoms with van der Waals surface area (Å²) in [5.74, 6) is 0.497. The molecule has 1 N–H and O–H groups in total. The fourth-order valence-corrected chi connectivity index (χ4v) is 2.66. The van der Waals surface area contributed by atoms with Gasteiger partial charge in [0, 0.05) is 25.1 Å². The maximum absolute atomic E-state index is 5.35. The topological polar surface area (TPSA) is 47.0 Å². The largest absolute Gasteiger partial charge is 0.381 e. The standard InChI is InChI=1S/C10H15N3OS/c1-2-8(1)11-5-9-12-13-10(15-9)7-3-4-14-6-7/h7-8,11H,1-6H2. The highest BCUT2D eigenvalue weighted by molar-refractivity contribution is 7.11. The maximum Gasteiger partial charge on any atom is 0.131 e. The van der Waals surface area contributed by atoms with Gasteiger partial charge in [-0.05, 0) is 19.3 Å². The van der Waals surface area contributed by atoms with Crippen LogP contribution >= 0.6 is 11.3 Å². The highest BCUT2D eigenvalue weighted by atomic mass is 32.1. The Kier molecular flexibility index (Phi) is 2.68. The monoisotopic (exact) mass is 225 g/mol. The van der Waals surface area contributed by atoms with Gasteiger partial charge in [0.25, 0.3) is 0 Å². The van der Waals surface area contributed by atoms with Crippen LogP contribution in [0.5, 0.6) is 0 Å². The Morgan fingerprint density at radius 1 is 1.33 bits per heavy atom. The molecule has 0 radical (unpaired) electrons. The van der Waals surface area contributed by atoms with Gasteiger partial charge < -0.3 is 10.1 Å². The van der Waals surface area contributed by atoms with E-state index in [4.69, 9.17) is 4.74 Å². The highest BCUT2D eigenvalue weighted by Crippen LogP contribution is 2.28. The van der Waals surface area contributed by atoms with Crippen LogP contribution in [0.3, 0.4) is 0 Å². The minimum atomic E-state index is 0.497. The number of nitrogens with zero attached hydrogens (tertiary/aromatic N) is 2. The maximum atomic E-state index is 5.35. The predicted octanol–water partition coefficient (Wildman–Crippen LogP) is 1.29. The van der Waals surface area contributed by atoms with Crippen LogP contribution in [0.2, 0.25) is 0 Å². The molecular weight excluding hydrogens is 210 g/mol. The summed E-state index contributed by atoms with van der Waals surface area (Å²) in [6.45, 7) is 2.58. The van der Waals surface area contributed by atoms with Crippen molar-refractivity contribution in [2.45, 2.75) is 37.8 Å². The second-order valence-electron chi connectivity index (χ2n) is 4.25.